The number of carbonyl (C=O) groups is 12. The molecule has 0 aromatic heterocycles. The summed E-state index contributed by atoms with van der Waals surface area (Å²) in [6.45, 7) is 6.10. The molecule has 63 heavy (non-hydrogen) atoms. The normalized spacial score (nSPS) is 14.2. The van der Waals surface area contributed by atoms with E-state index in [1.807, 2.05) is 0 Å². The molecule has 0 aliphatic carbocycles. The van der Waals surface area contributed by atoms with Gasteiger partial charge in [0, 0.05) is 12.8 Å². The molecule has 0 rings (SSSR count). The molecular formula is C37H62N10O16. The molecule has 0 heterocycles. The van der Waals surface area contributed by atoms with E-state index < -0.39 is 170 Å². The van der Waals surface area contributed by atoms with Crippen molar-refractivity contribution >= 4 is 71.1 Å². The lowest BCUT2D eigenvalue weighted by Crippen LogP contribution is -2.60. The SMILES string of the molecule is CC(NC(=O)C(CCC(=O)O)NC(=O)CNC(=O)CNC(=O)C(NC(=O)C(CCC(=O)O)NC(=O)C(CC(=O)O)NC(=O)C(NC(=O)C(N)CCCCN)C(C)C)C(C)C)C(=O)O. The van der Waals surface area contributed by atoms with Gasteiger partial charge in [-0.25, -0.2) is 0 Å². The minimum Gasteiger partial charge on any atom is -0.481 e. The Morgan fingerprint density at radius 3 is 1.43 bits per heavy atom. The lowest BCUT2D eigenvalue weighted by atomic mass is 10.0. The second kappa shape index (κ2) is 29.0. The predicted octanol–water partition coefficient (Wildman–Crippen LogP) is -4.80. The first-order valence-electron chi connectivity index (χ1n) is 20.0. The van der Waals surface area contributed by atoms with Crippen LogP contribution in [0.3, 0.4) is 0 Å². The summed E-state index contributed by atoms with van der Waals surface area (Å²) in [6, 6.07) is -10.1. The third-order valence-electron chi connectivity index (χ3n) is 8.99. The number of aliphatic carboxylic acids is 4. The molecule has 0 aliphatic heterocycles. The first kappa shape index (κ1) is 56.6. The van der Waals surface area contributed by atoms with Gasteiger partial charge in [-0.2, -0.15) is 0 Å². The molecule has 26 heteroatoms. The van der Waals surface area contributed by atoms with Gasteiger partial charge in [-0.05, 0) is 51.0 Å². The highest BCUT2D eigenvalue weighted by Gasteiger charge is 2.35. The van der Waals surface area contributed by atoms with E-state index in [2.05, 4.69) is 42.5 Å². The topological polar surface area (TPSA) is 434 Å². The number of hydrogen-bond donors (Lipinski definition) is 14. The van der Waals surface area contributed by atoms with E-state index in [1.165, 1.54) is 13.8 Å². The highest BCUT2D eigenvalue weighted by Crippen LogP contribution is 2.09. The molecule has 0 aromatic rings. The summed E-state index contributed by atoms with van der Waals surface area (Å²) in [5, 5.41) is 54.8. The van der Waals surface area contributed by atoms with Gasteiger partial charge in [-0.15, -0.1) is 0 Å². The highest BCUT2D eigenvalue weighted by molar-refractivity contribution is 5.98. The molecule has 0 saturated heterocycles. The van der Waals surface area contributed by atoms with Crippen molar-refractivity contribution in [2.24, 2.45) is 23.3 Å². The van der Waals surface area contributed by atoms with Crippen LogP contribution in [0.2, 0.25) is 0 Å². The van der Waals surface area contributed by atoms with E-state index in [9.17, 15) is 67.7 Å². The minimum atomic E-state index is -1.84. The Balaban J connectivity index is 5.83. The van der Waals surface area contributed by atoms with Crippen LogP contribution < -0.4 is 54.0 Å². The summed E-state index contributed by atoms with van der Waals surface area (Å²) < 4.78 is 0. The van der Waals surface area contributed by atoms with Crippen LogP contribution in [0, 0.1) is 11.8 Å². The second-order valence-corrected chi connectivity index (χ2v) is 15.1. The number of carbonyl (C=O) groups excluding carboxylic acids is 8. The summed E-state index contributed by atoms with van der Waals surface area (Å²) in [5.41, 5.74) is 11.4. The zero-order valence-electron chi connectivity index (χ0n) is 35.8. The second-order valence-electron chi connectivity index (χ2n) is 15.1. The van der Waals surface area contributed by atoms with E-state index in [1.54, 1.807) is 13.8 Å². The third-order valence-corrected chi connectivity index (χ3v) is 8.99. The van der Waals surface area contributed by atoms with Crippen molar-refractivity contribution in [1.29, 1.82) is 0 Å². The van der Waals surface area contributed by atoms with E-state index in [0.29, 0.717) is 19.4 Å². The van der Waals surface area contributed by atoms with Gasteiger partial charge < -0.3 is 74.4 Å². The predicted molar refractivity (Wildman–Crippen MR) is 217 cm³/mol. The first-order chi connectivity index (χ1) is 29.3. The largest absolute Gasteiger partial charge is 0.481 e. The van der Waals surface area contributed by atoms with Crippen molar-refractivity contribution in [3.63, 3.8) is 0 Å². The van der Waals surface area contributed by atoms with Gasteiger partial charge in [0.05, 0.1) is 25.6 Å². The smallest absolute Gasteiger partial charge is 0.325 e. The Labute approximate surface area is 362 Å². The van der Waals surface area contributed by atoms with Gasteiger partial charge >= 0.3 is 23.9 Å². The van der Waals surface area contributed by atoms with Crippen molar-refractivity contribution in [3.05, 3.63) is 0 Å². The molecule has 8 amide bonds. The molecule has 356 valence electrons. The third kappa shape index (κ3) is 23.4. The summed E-state index contributed by atoms with van der Waals surface area (Å²) in [5.74, 6) is -14.8. The van der Waals surface area contributed by atoms with Gasteiger partial charge in [0.2, 0.25) is 47.3 Å². The van der Waals surface area contributed by atoms with Crippen LogP contribution in [-0.4, -0.2) is 153 Å². The average molecular weight is 903 g/mol. The van der Waals surface area contributed by atoms with Crippen LogP contribution >= 0.6 is 0 Å². The van der Waals surface area contributed by atoms with Gasteiger partial charge in [0.25, 0.3) is 0 Å². The van der Waals surface area contributed by atoms with Crippen molar-refractivity contribution in [3.8, 4) is 0 Å². The number of hydrogen-bond acceptors (Lipinski definition) is 14. The summed E-state index contributed by atoms with van der Waals surface area (Å²) in [7, 11) is 0. The maximum atomic E-state index is 13.5. The Morgan fingerprint density at radius 2 is 0.937 bits per heavy atom. The van der Waals surface area contributed by atoms with Crippen LogP contribution in [-0.2, 0) is 57.5 Å². The number of carboxylic acid groups (broad SMARTS) is 4. The van der Waals surface area contributed by atoms with Crippen LogP contribution in [0.5, 0.6) is 0 Å². The van der Waals surface area contributed by atoms with E-state index in [0.717, 1.165) is 6.92 Å². The lowest BCUT2D eigenvalue weighted by molar-refractivity contribution is -0.142. The van der Waals surface area contributed by atoms with Gasteiger partial charge in [-0.1, -0.05) is 34.1 Å². The molecule has 0 aromatic carbocycles. The van der Waals surface area contributed by atoms with Crippen molar-refractivity contribution in [2.75, 3.05) is 19.6 Å². The first-order valence-corrected chi connectivity index (χ1v) is 20.0. The summed E-state index contributed by atoms with van der Waals surface area (Å²) >= 11 is 0. The van der Waals surface area contributed by atoms with Crippen molar-refractivity contribution in [1.82, 2.24) is 42.5 Å². The fourth-order valence-corrected chi connectivity index (χ4v) is 5.35. The number of nitrogens with one attached hydrogen (secondary N) is 8. The Morgan fingerprint density at radius 1 is 0.476 bits per heavy atom. The molecule has 0 fully saturated rings. The van der Waals surface area contributed by atoms with Gasteiger partial charge in [0.15, 0.2) is 0 Å². The molecule has 0 saturated carbocycles. The molecule has 0 radical (unpaired) electrons. The molecule has 0 bridgehead atoms. The Bertz CT molecular complexity index is 1660. The number of amides is 8. The van der Waals surface area contributed by atoms with E-state index in [4.69, 9.17) is 21.7 Å². The van der Waals surface area contributed by atoms with Crippen LogP contribution in [0.1, 0.15) is 86.0 Å². The van der Waals surface area contributed by atoms with Crippen LogP contribution in [0.4, 0.5) is 0 Å². The number of carboxylic acids is 4. The van der Waals surface area contributed by atoms with Gasteiger partial charge in [-0.3, -0.25) is 57.5 Å². The van der Waals surface area contributed by atoms with Crippen LogP contribution in [0.15, 0.2) is 0 Å². The number of rotatable bonds is 31. The fraction of sp³-hybridized carbons (Fsp3) is 0.676. The van der Waals surface area contributed by atoms with Crippen molar-refractivity contribution < 1.29 is 78.0 Å². The van der Waals surface area contributed by atoms with Crippen LogP contribution in [0.25, 0.3) is 0 Å². The summed E-state index contributed by atoms with van der Waals surface area (Å²) in [4.78, 5) is 149. The molecule has 26 nitrogen and oxygen atoms in total. The van der Waals surface area contributed by atoms with Crippen molar-refractivity contribution in [2.45, 2.75) is 128 Å². The molecule has 0 spiro atoms. The Hall–Kier alpha value is -6.44. The molecule has 0 aliphatic rings. The highest BCUT2D eigenvalue weighted by atomic mass is 16.4. The molecule has 16 N–H and O–H groups in total. The monoisotopic (exact) mass is 902 g/mol. The maximum absolute atomic E-state index is 13.5. The maximum Gasteiger partial charge on any atom is 0.325 e. The summed E-state index contributed by atoms with van der Waals surface area (Å²) in [6.07, 6.45) is -1.85. The standard InChI is InChI=1S/C37H62N10O16/c1-17(2)29(35(60)41-15-24(48)40-16-25(49)43-21(9-11-26(50)51)32(57)42-19(5)37(62)63)47-33(58)22(10-12-27(52)53)44-34(59)23(14-28(54)55)45-36(61)30(18(3)4)46-31(56)20(39)8-6-7-13-38/h17-23,29-30H,6-16,38-39H2,1-5H3,(H,40,48)(H,41,60)(H,42,57)(H,43,49)(H,44,59)(H,45,61)(H,46,56)(H,47,58)(H,50,51)(H,52,53)(H,54,55)(H,62,63). The quantitative estimate of drug-likeness (QED) is 0.0290. The lowest BCUT2D eigenvalue weighted by Gasteiger charge is -2.28. The molecule has 7 atom stereocenters. The number of unbranched alkanes of at least 4 members (excludes halogenated alkanes) is 1. The zero-order valence-corrected chi connectivity index (χ0v) is 35.8. The number of nitrogens with two attached hydrogens (primary N) is 2. The molecule has 7 unspecified atom stereocenters. The average Bonchev–Trinajstić information content (AvgIpc) is 3.18. The molecular weight excluding hydrogens is 840 g/mol. The zero-order chi connectivity index (χ0) is 48.6. The Kier molecular flexibility index (Phi) is 26.0. The fourth-order valence-electron chi connectivity index (χ4n) is 5.35. The van der Waals surface area contributed by atoms with Gasteiger partial charge in [0.1, 0.15) is 36.3 Å². The minimum absolute atomic E-state index is 0.262. The van der Waals surface area contributed by atoms with E-state index >= 15 is 0 Å². The van der Waals surface area contributed by atoms with E-state index in [-0.39, 0.29) is 6.42 Å².